The van der Waals surface area contributed by atoms with Crippen molar-refractivity contribution in [1.29, 1.82) is 0 Å². The topological polar surface area (TPSA) is 73.6 Å². The molecule has 0 saturated carbocycles. The van der Waals surface area contributed by atoms with Gasteiger partial charge in [0.15, 0.2) is 5.60 Å². The SMILES string of the molecule is CC(O)(c1cncc(B(O)O)c1)C(F)(F)F. The molecular weight excluding hydrogens is 226 g/mol. The number of aliphatic hydroxyl groups is 1. The molecule has 8 heteroatoms. The van der Waals surface area contributed by atoms with Gasteiger partial charge in [-0.1, -0.05) is 6.07 Å². The van der Waals surface area contributed by atoms with Gasteiger partial charge in [0.05, 0.1) is 0 Å². The molecule has 1 rings (SSSR count). The molecule has 0 aliphatic carbocycles. The van der Waals surface area contributed by atoms with Crippen molar-refractivity contribution in [3.05, 3.63) is 24.0 Å². The lowest BCUT2D eigenvalue weighted by Gasteiger charge is -2.26. The molecule has 1 aromatic rings. The van der Waals surface area contributed by atoms with Crippen molar-refractivity contribution < 1.29 is 28.3 Å². The van der Waals surface area contributed by atoms with Crippen LogP contribution in [0.25, 0.3) is 0 Å². The van der Waals surface area contributed by atoms with Gasteiger partial charge in [0.25, 0.3) is 0 Å². The Balaban J connectivity index is 3.19. The lowest BCUT2D eigenvalue weighted by atomic mass is 9.79. The number of aromatic nitrogens is 1. The first kappa shape index (κ1) is 13.0. The van der Waals surface area contributed by atoms with Crippen molar-refractivity contribution in [2.75, 3.05) is 0 Å². The normalized spacial score (nSPS) is 15.7. The van der Waals surface area contributed by atoms with Crippen LogP contribution in [0.15, 0.2) is 18.5 Å². The molecule has 0 aliphatic heterocycles. The standard InChI is InChI=1S/C8H9BF3NO3/c1-7(14,8(10,11)12)5-2-6(9(15)16)4-13-3-5/h2-4,14-16H,1H3. The fourth-order valence-electron chi connectivity index (χ4n) is 1.03. The molecule has 1 atom stereocenters. The van der Waals surface area contributed by atoms with E-state index in [-0.39, 0.29) is 5.46 Å². The minimum Gasteiger partial charge on any atom is -0.423 e. The van der Waals surface area contributed by atoms with E-state index in [1.54, 1.807) is 0 Å². The molecule has 0 bridgehead atoms. The van der Waals surface area contributed by atoms with E-state index in [0.717, 1.165) is 18.5 Å². The van der Waals surface area contributed by atoms with Gasteiger partial charge in [-0.3, -0.25) is 4.98 Å². The molecule has 0 fully saturated rings. The van der Waals surface area contributed by atoms with Gasteiger partial charge in [0.2, 0.25) is 0 Å². The average Bonchev–Trinajstić information content (AvgIpc) is 2.16. The monoisotopic (exact) mass is 235 g/mol. The third-order valence-corrected chi connectivity index (χ3v) is 2.17. The van der Waals surface area contributed by atoms with Crippen LogP contribution in [0.3, 0.4) is 0 Å². The molecule has 0 amide bonds. The number of pyridine rings is 1. The first-order chi connectivity index (χ1) is 7.16. The van der Waals surface area contributed by atoms with Crippen LogP contribution < -0.4 is 5.46 Å². The van der Waals surface area contributed by atoms with Crippen molar-refractivity contribution in [3.63, 3.8) is 0 Å². The van der Waals surface area contributed by atoms with Crippen LogP contribution in [-0.4, -0.2) is 33.4 Å². The summed E-state index contributed by atoms with van der Waals surface area (Å²) in [5.41, 5.74) is -3.85. The molecule has 0 radical (unpaired) electrons. The molecule has 16 heavy (non-hydrogen) atoms. The lowest BCUT2D eigenvalue weighted by molar-refractivity contribution is -0.258. The molecular formula is C8H9BF3NO3. The summed E-state index contributed by atoms with van der Waals surface area (Å²) in [7, 11) is -1.93. The second-order valence-corrected chi connectivity index (χ2v) is 3.45. The quantitative estimate of drug-likeness (QED) is 0.606. The number of halogens is 3. The van der Waals surface area contributed by atoms with E-state index < -0.39 is 24.5 Å². The molecule has 4 nitrogen and oxygen atoms in total. The maximum absolute atomic E-state index is 12.4. The molecule has 3 N–H and O–H groups in total. The summed E-state index contributed by atoms with van der Waals surface area (Å²) >= 11 is 0. The van der Waals surface area contributed by atoms with Gasteiger partial charge in [0, 0.05) is 23.4 Å². The first-order valence-corrected chi connectivity index (χ1v) is 4.27. The maximum Gasteiger partial charge on any atom is 0.490 e. The Hall–Kier alpha value is -1.12. The zero-order valence-corrected chi connectivity index (χ0v) is 8.23. The van der Waals surface area contributed by atoms with Crippen LogP contribution in [0, 0.1) is 0 Å². The van der Waals surface area contributed by atoms with Gasteiger partial charge in [-0.15, -0.1) is 0 Å². The van der Waals surface area contributed by atoms with Crippen molar-refractivity contribution in [1.82, 2.24) is 4.98 Å². The lowest BCUT2D eigenvalue weighted by Crippen LogP contribution is -2.41. The molecule has 1 heterocycles. The Bertz CT molecular complexity index is 381. The Morgan fingerprint density at radius 2 is 1.81 bits per heavy atom. The number of nitrogens with zero attached hydrogens (tertiary/aromatic N) is 1. The van der Waals surface area contributed by atoms with E-state index in [1.165, 1.54) is 0 Å². The molecule has 0 aliphatic rings. The van der Waals surface area contributed by atoms with E-state index in [0.29, 0.717) is 6.92 Å². The molecule has 1 aromatic heterocycles. The van der Waals surface area contributed by atoms with Crippen molar-refractivity contribution in [2.24, 2.45) is 0 Å². The molecule has 88 valence electrons. The van der Waals surface area contributed by atoms with Crippen molar-refractivity contribution in [2.45, 2.75) is 18.7 Å². The number of rotatable bonds is 2. The second kappa shape index (κ2) is 4.04. The largest absolute Gasteiger partial charge is 0.490 e. The van der Waals surface area contributed by atoms with Gasteiger partial charge in [0.1, 0.15) is 0 Å². The fourth-order valence-corrected chi connectivity index (χ4v) is 1.03. The summed E-state index contributed by atoms with van der Waals surface area (Å²) in [6.07, 6.45) is -3.05. The molecule has 0 saturated heterocycles. The Morgan fingerprint density at radius 1 is 1.25 bits per heavy atom. The van der Waals surface area contributed by atoms with E-state index in [4.69, 9.17) is 10.0 Å². The third kappa shape index (κ3) is 2.34. The summed E-state index contributed by atoms with van der Waals surface area (Å²) < 4.78 is 37.3. The summed E-state index contributed by atoms with van der Waals surface area (Å²) in [5, 5.41) is 26.8. The fraction of sp³-hybridized carbons (Fsp3) is 0.375. The second-order valence-electron chi connectivity index (χ2n) is 3.45. The van der Waals surface area contributed by atoms with Gasteiger partial charge in [-0.2, -0.15) is 13.2 Å². The predicted molar refractivity (Wildman–Crippen MR) is 49.7 cm³/mol. The van der Waals surface area contributed by atoms with Crippen molar-refractivity contribution in [3.8, 4) is 0 Å². The third-order valence-electron chi connectivity index (χ3n) is 2.17. The van der Waals surface area contributed by atoms with Gasteiger partial charge in [-0.25, -0.2) is 0 Å². The highest BCUT2D eigenvalue weighted by Gasteiger charge is 2.51. The zero-order valence-electron chi connectivity index (χ0n) is 8.23. The number of hydrogen-bond donors (Lipinski definition) is 3. The smallest absolute Gasteiger partial charge is 0.423 e. The van der Waals surface area contributed by atoms with E-state index in [2.05, 4.69) is 4.98 Å². The van der Waals surface area contributed by atoms with E-state index in [1.807, 2.05) is 0 Å². The molecule has 1 unspecified atom stereocenters. The summed E-state index contributed by atoms with van der Waals surface area (Å²) in [6, 6.07) is 0.838. The minimum atomic E-state index is -4.87. The molecule has 0 aromatic carbocycles. The summed E-state index contributed by atoms with van der Waals surface area (Å²) in [6.45, 7) is 0.567. The summed E-state index contributed by atoms with van der Waals surface area (Å²) in [4.78, 5) is 3.41. The van der Waals surface area contributed by atoms with Crippen LogP contribution in [-0.2, 0) is 5.60 Å². The Labute approximate surface area is 89.5 Å². The zero-order chi connectivity index (χ0) is 12.6. The van der Waals surface area contributed by atoms with Crippen LogP contribution in [0.5, 0.6) is 0 Å². The van der Waals surface area contributed by atoms with E-state index >= 15 is 0 Å². The van der Waals surface area contributed by atoms with E-state index in [9.17, 15) is 18.3 Å². The van der Waals surface area contributed by atoms with Gasteiger partial charge < -0.3 is 15.2 Å². The van der Waals surface area contributed by atoms with Crippen molar-refractivity contribution >= 4 is 12.6 Å². The minimum absolute atomic E-state index is 0.220. The van der Waals surface area contributed by atoms with Gasteiger partial charge >= 0.3 is 13.3 Å². The van der Waals surface area contributed by atoms with Crippen LogP contribution >= 0.6 is 0 Å². The predicted octanol–water partition coefficient (Wildman–Crippen LogP) is -0.469. The van der Waals surface area contributed by atoms with Gasteiger partial charge in [-0.05, 0) is 6.92 Å². The average molecular weight is 235 g/mol. The van der Waals surface area contributed by atoms with Crippen LogP contribution in [0.1, 0.15) is 12.5 Å². The Morgan fingerprint density at radius 3 is 2.25 bits per heavy atom. The highest BCUT2D eigenvalue weighted by molar-refractivity contribution is 6.58. The summed E-state index contributed by atoms with van der Waals surface area (Å²) in [5.74, 6) is 0. The Kier molecular flexibility index (Phi) is 3.27. The maximum atomic E-state index is 12.4. The number of hydrogen-bond acceptors (Lipinski definition) is 4. The first-order valence-electron chi connectivity index (χ1n) is 4.27. The van der Waals surface area contributed by atoms with Crippen LogP contribution in [0.2, 0.25) is 0 Å². The highest BCUT2D eigenvalue weighted by Crippen LogP contribution is 2.37. The highest BCUT2D eigenvalue weighted by atomic mass is 19.4. The number of alkyl halides is 3. The van der Waals surface area contributed by atoms with Crippen LogP contribution in [0.4, 0.5) is 13.2 Å². The molecule has 0 spiro atoms.